The average Bonchev–Trinajstić information content (AvgIpc) is 2.84. The normalized spacial score (nSPS) is 12.7. The smallest absolute Gasteiger partial charge is 0.214 e. The van der Waals surface area contributed by atoms with Gasteiger partial charge in [0.2, 0.25) is 5.78 Å². The van der Waals surface area contributed by atoms with Crippen LogP contribution in [0.15, 0.2) is 20.6 Å². The molecule has 2 rings (SSSR count). The molecule has 0 aliphatic carbocycles. The van der Waals surface area contributed by atoms with Crippen molar-refractivity contribution in [1.82, 2.24) is 4.98 Å². The average molecular weight is 317 g/mol. The third-order valence-corrected chi connectivity index (χ3v) is 4.75. The number of carbonyl (C=O) groups excluding carboxylic acids is 1. The molecule has 0 saturated carbocycles. The Morgan fingerprint density at radius 1 is 1.50 bits per heavy atom. The van der Waals surface area contributed by atoms with Gasteiger partial charge in [0.15, 0.2) is 0 Å². The zero-order valence-electron chi connectivity index (χ0n) is 8.44. The molecule has 0 saturated heterocycles. The minimum absolute atomic E-state index is 0.0590. The van der Waals surface area contributed by atoms with Gasteiger partial charge in [0.05, 0.1) is 6.04 Å². The number of thiophene rings is 1. The van der Waals surface area contributed by atoms with Crippen LogP contribution < -0.4 is 5.73 Å². The van der Waals surface area contributed by atoms with E-state index in [0.29, 0.717) is 11.3 Å². The topological polar surface area (TPSA) is 56.0 Å². The van der Waals surface area contributed by atoms with Crippen LogP contribution in [-0.2, 0) is 0 Å². The summed E-state index contributed by atoms with van der Waals surface area (Å²) in [6.07, 6.45) is 0. The summed E-state index contributed by atoms with van der Waals surface area (Å²) < 4.78 is 0.817. The molecule has 3 nitrogen and oxygen atoms in total. The Kier molecular flexibility index (Phi) is 3.53. The largest absolute Gasteiger partial charge is 0.322 e. The highest BCUT2D eigenvalue weighted by Crippen LogP contribution is 2.25. The molecule has 0 fully saturated rings. The van der Waals surface area contributed by atoms with Crippen molar-refractivity contribution in [3.8, 4) is 0 Å². The van der Waals surface area contributed by atoms with Gasteiger partial charge in [0.25, 0.3) is 0 Å². The monoisotopic (exact) mass is 316 g/mol. The van der Waals surface area contributed by atoms with Crippen LogP contribution in [0.25, 0.3) is 0 Å². The Morgan fingerprint density at radius 2 is 2.25 bits per heavy atom. The molecular formula is C10H9BrN2OS2. The van der Waals surface area contributed by atoms with Gasteiger partial charge in [-0.25, -0.2) is 4.98 Å². The Morgan fingerprint density at radius 3 is 2.75 bits per heavy atom. The van der Waals surface area contributed by atoms with Gasteiger partial charge in [-0.05, 0) is 22.9 Å². The molecule has 16 heavy (non-hydrogen) atoms. The molecule has 2 aromatic heterocycles. The standard InChI is InChI=1S/C10H9BrN2OS2/c1-5(12)10-13-8(4-16-10)9(14)6-2-15-3-7(6)11/h2-5H,12H2,1H3. The molecule has 1 atom stereocenters. The summed E-state index contributed by atoms with van der Waals surface area (Å²) in [4.78, 5) is 16.3. The lowest BCUT2D eigenvalue weighted by Gasteiger charge is -1.97. The fraction of sp³-hybridized carbons (Fsp3) is 0.200. The van der Waals surface area contributed by atoms with Crippen LogP contribution in [0.5, 0.6) is 0 Å². The van der Waals surface area contributed by atoms with Crippen LogP contribution >= 0.6 is 38.6 Å². The third kappa shape index (κ3) is 2.24. The van der Waals surface area contributed by atoms with E-state index in [0.717, 1.165) is 9.48 Å². The fourth-order valence-corrected chi connectivity index (χ4v) is 3.39. The van der Waals surface area contributed by atoms with E-state index in [1.165, 1.54) is 22.7 Å². The Labute approximate surface area is 109 Å². The number of aromatic nitrogens is 1. The number of hydrogen-bond acceptors (Lipinski definition) is 5. The van der Waals surface area contributed by atoms with Crippen molar-refractivity contribution < 1.29 is 4.79 Å². The van der Waals surface area contributed by atoms with Crippen molar-refractivity contribution in [3.63, 3.8) is 0 Å². The summed E-state index contributed by atoms with van der Waals surface area (Å²) in [6, 6.07) is -0.127. The van der Waals surface area contributed by atoms with E-state index in [1.807, 2.05) is 17.7 Å². The van der Waals surface area contributed by atoms with E-state index in [4.69, 9.17) is 5.73 Å². The van der Waals surface area contributed by atoms with Crippen molar-refractivity contribution in [2.45, 2.75) is 13.0 Å². The van der Waals surface area contributed by atoms with E-state index in [1.54, 1.807) is 5.38 Å². The van der Waals surface area contributed by atoms with Crippen LogP contribution in [0.4, 0.5) is 0 Å². The molecule has 0 bridgehead atoms. The molecule has 0 aliphatic rings. The molecule has 0 amide bonds. The minimum Gasteiger partial charge on any atom is -0.322 e. The van der Waals surface area contributed by atoms with E-state index in [2.05, 4.69) is 20.9 Å². The van der Waals surface area contributed by atoms with Gasteiger partial charge in [-0.3, -0.25) is 4.79 Å². The molecule has 0 aromatic carbocycles. The maximum Gasteiger partial charge on any atom is 0.214 e. The summed E-state index contributed by atoms with van der Waals surface area (Å²) in [5.41, 5.74) is 6.83. The van der Waals surface area contributed by atoms with Crippen LogP contribution in [0, 0.1) is 0 Å². The Bertz CT molecular complexity index is 518. The van der Waals surface area contributed by atoms with Crippen LogP contribution in [-0.4, -0.2) is 10.8 Å². The number of carbonyl (C=O) groups is 1. The number of halogens is 1. The molecule has 1 unspecified atom stereocenters. The highest BCUT2D eigenvalue weighted by molar-refractivity contribution is 9.10. The lowest BCUT2D eigenvalue weighted by Crippen LogP contribution is -2.06. The lowest BCUT2D eigenvalue weighted by molar-refractivity contribution is 0.103. The molecule has 84 valence electrons. The molecule has 2 aromatic rings. The maximum absolute atomic E-state index is 12.0. The predicted molar refractivity (Wildman–Crippen MR) is 70.2 cm³/mol. The number of nitrogens with zero attached hydrogens (tertiary/aromatic N) is 1. The van der Waals surface area contributed by atoms with Gasteiger partial charge in [-0.15, -0.1) is 11.3 Å². The summed E-state index contributed by atoms with van der Waals surface area (Å²) in [7, 11) is 0. The second-order valence-corrected chi connectivity index (χ2v) is 5.81. The van der Waals surface area contributed by atoms with Gasteiger partial charge >= 0.3 is 0 Å². The number of rotatable bonds is 3. The molecular weight excluding hydrogens is 308 g/mol. The van der Waals surface area contributed by atoms with Crippen molar-refractivity contribution in [3.05, 3.63) is 36.9 Å². The molecule has 0 spiro atoms. The van der Waals surface area contributed by atoms with Gasteiger partial charge in [0.1, 0.15) is 10.7 Å². The van der Waals surface area contributed by atoms with Crippen LogP contribution in [0.2, 0.25) is 0 Å². The predicted octanol–water partition coefficient (Wildman–Crippen LogP) is 3.22. The number of hydrogen-bond donors (Lipinski definition) is 1. The third-order valence-electron chi connectivity index (χ3n) is 2.00. The van der Waals surface area contributed by atoms with E-state index >= 15 is 0 Å². The van der Waals surface area contributed by atoms with Gasteiger partial charge < -0.3 is 5.73 Å². The molecule has 0 radical (unpaired) electrons. The fourth-order valence-electron chi connectivity index (χ4n) is 1.18. The number of ketones is 1. The molecule has 0 aliphatic heterocycles. The van der Waals surface area contributed by atoms with Crippen LogP contribution in [0.3, 0.4) is 0 Å². The summed E-state index contributed by atoms with van der Waals surface area (Å²) in [5.74, 6) is -0.0590. The number of nitrogens with two attached hydrogens (primary N) is 1. The zero-order valence-corrected chi connectivity index (χ0v) is 11.7. The zero-order chi connectivity index (χ0) is 11.7. The van der Waals surface area contributed by atoms with Crippen molar-refractivity contribution in [2.75, 3.05) is 0 Å². The first kappa shape index (κ1) is 11.9. The second kappa shape index (κ2) is 4.75. The first-order chi connectivity index (χ1) is 7.59. The van der Waals surface area contributed by atoms with Gasteiger partial charge in [-0.1, -0.05) is 0 Å². The van der Waals surface area contributed by atoms with Crippen molar-refractivity contribution in [2.24, 2.45) is 5.73 Å². The number of thiazole rings is 1. The summed E-state index contributed by atoms with van der Waals surface area (Å²) >= 11 is 6.25. The van der Waals surface area contributed by atoms with Gasteiger partial charge in [-0.2, -0.15) is 11.3 Å². The minimum atomic E-state index is -0.127. The molecule has 6 heteroatoms. The summed E-state index contributed by atoms with van der Waals surface area (Å²) in [5, 5.41) is 6.24. The van der Waals surface area contributed by atoms with Crippen molar-refractivity contribution >= 4 is 44.4 Å². The summed E-state index contributed by atoms with van der Waals surface area (Å²) in [6.45, 7) is 1.85. The maximum atomic E-state index is 12.0. The lowest BCUT2D eigenvalue weighted by atomic mass is 10.2. The first-order valence-corrected chi connectivity index (χ1v) is 7.18. The van der Waals surface area contributed by atoms with Gasteiger partial charge in [0, 0.05) is 26.2 Å². The Hall–Kier alpha value is -0.560. The van der Waals surface area contributed by atoms with E-state index in [9.17, 15) is 4.79 Å². The SMILES string of the molecule is CC(N)c1nc(C(=O)c2cscc2Br)cs1. The van der Waals surface area contributed by atoms with Crippen molar-refractivity contribution in [1.29, 1.82) is 0 Å². The second-order valence-electron chi connectivity index (χ2n) is 3.32. The molecule has 2 N–H and O–H groups in total. The van der Waals surface area contributed by atoms with E-state index < -0.39 is 0 Å². The quantitative estimate of drug-likeness (QED) is 0.884. The Balaban J connectivity index is 2.31. The molecule has 2 heterocycles. The van der Waals surface area contributed by atoms with Crippen LogP contribution in [0.1, 0.15) is 34.0 Å². The highest BCUT2D eigenvalue weighted by atomic mass is 79.9. The highest BCUT2D eigenvalue weighted by Gasteiger charge is 2.17. The van der Waals surface area contributed by atoms with E-state index in [-0.39, 0.29) is 11.8 Å². The first-order valence-electron chi connectivity index (χ1n) is 4.57.